The van der Waals surface area contributed by atoms with E-state index in [2.05, 4.69) is 15.3 Å². The highest BCUT2D eigenvalue weighted by atomic mass is 32.2. The van der Waals surface area contributed by atoms with Gasteiger partial charge in [-0.15, -0.1) is 0 Å². The van der Waals surface area contributed by atoms with Crippen molar-refractivity contribution in [1.29, 1.82) is 0 Å². The van der Waals surface area contributed by atoms with Crippen LogP contribution in [0.2, 0.25) is 0 Å². The first-order chi connectivity index (χ1) is 8.08. The van der Waals surface area contributed by atoms with Crippen LogP contribution in [0, 0.1) is 0 Å². The van der Waals surface area contributed by atoms with Crippen LogP contribution in [0.3, 0.4) is 0 Å². The Labute approximate surface area is 102 Å². The number of carbonyl (C=O) groups excluding carboxylic acids is 1. The third-order valence-corrected chi connectivity index (χ3v) is 4.25. The number of nitrogens with one attached hydrogen (secondary N) is 1. The Balaban J connectivity index is 2.10. The first-order valence-electron chi connectivity index (χ1n) is 5.21. The van der Waals surface area contributed by atoms with Crippen LogP contribution in [-0.2, 0) is 0 Å². The average molecular weight is 252 g/mol. The maximum atomic E-state index is 11.2. The fraction of sp³-hybridized carbons (Fsp3) is 0.444. The standard InChI is InChI=1S/C9H12N6OS/c1-3-5-8(14-9(11)17-5)15-2-12-4(6(10)16)7(15)13-3/h2-3,5,8,13H,1H3,(H2,10,16)(H2,11,14)/t3-,5+,8-/m1/s1. The Morgan fingerprint density at radius 3 is 3.12 bits per heavy atom. The van der Waals surface area contributed by atoms with Crippen molar-refractivity contribution in [2.75, 3.05) is 5.32 Å². The molecule has 0 unspecified atom stereocenters. The van der Waals surface area contributed by atoms with E-state index in [9.17, 15) is 4.79 Å². The predicted octanol–water partition coefficient (Wildman–Crippen LogP) is -0.275. The van der Waals surface area contributed by atoms with Crippen LogP contribution in [0.4, 0.5) is 5.82 Å². The van der Waals surface area contributed by atoms with Crippen molar-refractivity contribution in [3.05, 3.63) is 12.0 Å². The van der Waals surface area contributed by atoms with Gasteiger partial charge in [0.15, 0.2) is 10.9 Å². The Morgan fingerprint density at radius 2 is 2.41 bits per heavy atom. The number of primary amides is 1. The Bertz CT molecular complexity index is 524. The first kappa shape index (κ1) is 10.5. The number of hydrogen-bond donors (Lipinski definition) is 3. The van der Waals surface area contributed by atoms with Crippen LogP contribution >= 0.6 is 11.8 Å². The molecule has 0 aromatic carbocycles. The highest BCUT2D eigenvalue weighted by Gasteiger charge is 2.40. The van der Waals surface area contributed by atoms with Crippen LogP contribution in [0.5, 0.6) is 0 Å². The van der Waals surface area contributed by atoms with Crippen LogP contribution < -0.4 is 16.8 Å². The lowest BCUT2D eigenvalue weighted by molar-refractivity contribution is 0.0996. The van der Waals surface area contributed by atoms with Crippen molar-refractivity contribution in [3.8, 4) is 0 Å². The summed E-state index contributed by atoms with van der Waals surface area (Å²) in [7, 11) is 0. The molecular formula is C9H12N6OS. The smallest absolute Gasteiger partial charge is 0.271 e. The normalized spacial score (nSPS) is 30.2. The monoisotopic (exact) mass is 252 g/mol. The summed E-state index contributed by atoms with van der Waals surface area (Å²) in [6.45, 7) is 2.03. The number of nitrogens with zero attached hydrogens (tertiary/aromatic N) is 3. The van der Waals surface area contributed by atoms with Crippen molar-refractivity contribution >= 4 is 28.7 Å². The summed E-state index contributed by atoms with van der Waals surface area (Å²) in [6, 6.07) is 0.150. The number of hydrogen-bond acceptors (Lipinski definition) is 6. The second-order valence-electron chi connectivity index (χ2n) is 4.11. The lowest BCUT2D eigenvalue weighted by atomic mass is 10.1. The van der Waals surface area contributed by atoms with E-state index in [1.165, 1.54) is 11.8 Å². The number of anilines is 1. The molecule has 3 heterocycles. The highest BCUT2D eigenvalue weighted by molar-refractivity contribution is 8.14. The number of amidine groups is 1. The highest BCUT2D eigenvalue weighted by Crippen LogP contribution is 2.41. The van der Waals surface area contributed by atoms with Crippen LogP contribution in [0.1, 0.15) is 23.6 Å². The molecule has 5 N–H and O–H groups in total. The van der Waals surface area contributed by atoms with Gasteiger partial charge >= 0.3 is 0 Å². The zero-order chi connectivity index (χ0) is 12.2. The Hall–Kier alpha value is -1.70. The predicted molar refractivity (Wildman–Crippen MR) is 65.9 cm³/mol. The minimum Gasteiger partial charge on any atom is -0.378 e. The van der Waals surface area contributed by atoms with E-state index in [0.717, 1.165) is 0 Å². The quantitative estimate of drug-likeness (QED) is 0.636. The number of carbonyl (C=O) groups is 1. The number of amides is 1. The van der Waals surface area contributed by atoms with Crippen LogP contribution in [0.15, 0.2) is 11.3 Å². The summed E-state index contributed by atoms with van der Waals surface area (Å²) in [5.74, 6) is 0.0878. The Kier molecular flexibility index (Phi) is 2.09. The molecule has 0 fully saturated rings. The SMILES string of the molecule is C[C@H]1Nc2c(C(N)=O)ncn2[C@H]2N=C(N)S[C@@H]12. The van der Waals surface area contributed by atoms with Gasteiger partial charge in [0.05, 0.1) is 11.6 Å². The molecule has 7 nitrogen and oxygen atoms in total. The molecule has 0 aliphatic carbocycles. The van der Waals surface area contributed by atoms with Gasteiger partial charge in [-0.1, -0.05) is 11.8 Å². The van der Waals surface area contributed by atoms with Gasteiger partial charge in [-0.25, -0.2) is 9.98 Å². The molecule has 90 valence electrons. The van der Waals surface area contributed by atoms with Crippen molar-refractivity contribution < 1.29 is 4.79 Å². The Morgan fingerprint density at radius 1 is 1.65 bits per heavy atom. The van der Waals surface area contributed by atoms with E-state index in [-0.39, 0.29) is 23.2 Å². The summed E-state index contributed by atoms with van der Waals surface area (Å²) < 4.78 is 1.82. The molecule has 1 aromatic heterocycles. The van der Waals surface area contributed by atoms with E-state index < -0.39 is 5.91 Å². The molecule has 3 atom stereocenters. The van der Waals surface area contributed by atoms with Gasteiger partial charge in [0.2, 0.25) is 0 Å². The summed E-state index contributed by atoms with van der Waals surface area (Å²) >= 11 is 1.54. The van der Waals surface area contributed by atoms with Crippen molar-refractivity contribution in [3.63, 3.8) is 0 Å². The third-order valence-electron chi connectivity index (χ3n) is 2.98. The van der Waals surface area contributed by atoms with Crippen LogP contribution in [0.25, 0.3) is 0 Å². The molecule has 17 heavy (non-hydrogen) atoms. The summed E-state index contributed by atoms with van der Waals surface area (Å²) in [5.41, 5.74) is 11.3. The maximum absolute atomic E-state index is 11.2. The van der Waals surface area contributed by atoms with E-state index in [1.807, 2.05) is 11.5 Å². The van der Waals surface area contributed by atoms with Gasteiger partial charge < -0.3 is 16.8 Å². The van der Waals surface area contributed by atoms with Crippen molar-refractivity contribution in [2.45, 2.75) is 24.4 Å². The second kappa shape index (κ2) is 3.39. The largest absolute Gasteiger partial charge is 0.378 e. The van der Waals surface area contributed by atoms with Gasteiger partial charge in [-0.2, -0.15) is 0 Å². The van der Waals surface area contributed by atoms with E-state index in [1.54, 1.807) is 6.33 Å². The molecule has 1 amide bonds. The summed E-state index contributed by atoms with van der Waals surface area (Å²) in [5, 5.41) is 4.02. The fourth-order valence-corrected chi connectivity index (χ4v) is 3.23. The van der Waals surface area contributed by atoms with Crippen LogP contribution in [-0.4, -0.2) is 31.9 Å². The van der Waals surface area contributed by atoms with E-state index >= 15 is 0 Å². The zero-order valence-electron chi connectivity index (χ0n) is 9.12. The third kappa shape index (κ3) is 1.40. The molecule has 0 bridgehead atoms. The van der Waals surface area contributed by atoms with Crippen molar-refractivity contribution in [1.82, 2.24) is 9.55 Å². The fourth-order valence-electron chi connectivity index (χ4n) is 2.20. The van der Waals surface area contributed by atoms with Gasteiger partial charge in [0.25, 0.3) is 5.91 Å². The minimum absolute atomic E-state index is 0.105. The molecule has 0 spiro atoms. The van der Waals surface area contributed by atoms with Gasteiger partial charge in [0.1, 0.15) is 12.0 Å². The minimum atomic E-state index is -0.542. The molecule has 8 heteroatoms. The molecule has 0 saturated heterocycles. The molecule has 0 radical (unpaired) electrons. The number of nitrogens with two attached hydrogens (primary N) is 2. The van der Waals surface area contributed by atoms with Gasteiger partial charge in [0, 0.05) is 6.04 Å². The topological polar surface area (TPSA) is 111 Å². The first-order valence-corrected chi connectivity index (χ1v) is 6.09. The summed E-state index contributed by atoms with van der Waals surface area (Å²) in [4.78, 5) is 19.6. The lowest BCUT2D eigenvalue weighted by Gasteiger charge is -2.32. The van der Waals surface area contributed by atoms with Gasteiger partial charge in [-0.05, 0) is 6.92 Å². The molecule has 2 aliphatic rings. The number of fused-ring (bicyclic) bond motifs is 3. The maximum Gasteiger partial charge on any atom is 0.271 e. The number of aliphatic imine (C=N–C) groups is 1. The van der Waals surface area contributed by atoms with Gasteiger partial charge in [-0.3, -0.25) is 9.36 Å². The molecule has 1 aromatic rings. The zero-order valence-corrected chi connectivity index (χ0v) is 9.94. The molecule has 2 aliphatic heterocycles. The number of aromatic nitrogens is 2. The molecule has 3 rings (SSSR count). The molecule has 0 saturated carbocycles. The van der Waals surface area contributed by atoms with Crippen molar-refractivity contribution in [2.24, 2.45) is 16.5 Å². The average Bonchev–Trinajstić information content (AvgIpc) is 2.80. The molecular weight excluding hydrogens is 240 g/mol. The number of thioether (sulfide) groups is 1. The second-order valence-corrected chi connectivity index (χ2v) is 5.31. The van der Waals surface area contributed by atoms with E-state index in [0.29, 0.717) is 11.0 Å². The number of rotatable bonds is 1. The van der Waals surface area contributed by atoms with E-state index in [4.69, 9.17) is 11.5 Å². The lowest BCUT2D eigenvalue weighted by Crippen LogP contribution is -2.39. The number of imidazole rings is 1. The summed E-state index contributed by atoms with van der Waals surface area (Å²) in [6.07, 6.45) is 1.47.